The Kier molecular flexibility index (Phi) is 7.31. The molecule has 8 heteroatoms. The molecule has 1 saturated heterocycles. The molecule has 1 heterocycles. The van der Waals surface area contributed by atoms with E-state index in [0.29, 0.717) is 25.7 Å². The average molecular weight is 418 g/mol. The Morgan fingerprint density at radius 2 is 1.73 bits per heavy atom. The van der Waals surface area contributed by atoms with E-state index >= 15 is 0 Å². The van der Waals surface area contributed by atoms with Gasteiger partial charge in [-0.2, -0.15) is 0 Å². The molecule has 2 aliphatic rings. The summed E-state index contributed by atoms with van der Waals surface area (Å²) in [6.07, 6.45) is 1.69. The van der Waals surface area contributed by atoms with Gasteiger partial charge in [0.15, 0.2) is 5.78 Å². The Balaban J connectivity index is 1.36. The van der Waals surface area contributed by atoms with Crippen molar-refractivity contribution in [3.8, 4) is 5.75 Å². The molecule has 0 aromatic heterocycles. The minimum absolute atomic E-state index is 0.184. The number of hydrogen-bond donors (Lipinski definition) is 2. The van der Waals surface area contributed by atoms with Crippen LogP contribution in [0.25, 0.3) is 0 Å². The standard InChI is InChI=1S/C22H31N3O5/c1-15(24-10-12-25(13-11-24)21(27)16(2)23-22(28)29)9-14-30-19-7-5-18(6-8-19)20(26)17-3-4-17/h5-8,15-17,23H,3-4,9-14H2,1-2H3,(H,28,29)/t15-,16+/m0/s1. The number of ketones is 1. The lowest BCUT2D eigenvalue weighted by molar-refractivity contribution is -0.135. The van der Waals surface area contributed by atoms with Gasteiger partial charge in [0.2, 0.25) is 5.91 Å². The minimum atomic E-state index is -1.19. The number of hydrogen-bond acceptors (Lipinski definition) is 5. The van der Waals surface area contributed by atoms with Gasteiger partial charge in [-0.3, -0.25) is 14.5 Å². The first-order chi connectivity index (χ1) is 14.3. The Morgan fingerprint density at radius 3 is 2.30 bits per heavy atom. The van der Waals surface area contributed by atoms with Crippen molar-refractivity contribution in [3.05, 3.63) is 29.8 Å². The van der Waals surface area contributed by atoms with Crippen molar-refractivity contribution in [2.75, 3.05) is 32.8 Å². The number of nitrogens with one attached hydrogen (secondary N) is 1. The second kappa shape index (κ2) is 9.93. The lowest BCUT2D eigenvalue weighted by Gasteiger charge is -2.38. The Bertz CT molecular complexity index is 755. The number of benzene rings is 1. The Labute approximate surface area is 177 Å². The molecule has 1 aromatic rings. The lowest BCUT2D eigenvalue weighted by atomic mass is 10.1. The summed E-state index contributed by atoms with van der Waals surface area (Å²) in [6, 6.07) is 6.98. The van der Waals surface area contributed by atoms with Crippen LogP contribution >= 0.6 is 0 Å². The molecule has 1 aliphatic carbocycles. The maximum absolute atomic E-state index is 12.3. The van der Waals surface area contributed by atoms with E-state index in [1.165, 1.54) is 0 Å². The summed E-state index contributed by atoms with van der Waals surface area (Å²) >= 11 is 0. The molecule has 0 radical (unpaired) electrons. The smallest absolute Gasteiger partial charge is 0.405 e. The van der Waals surface area contributed by atoms with Crippen molar-refractivity contribution in [1.82, 2.24) is 15.1 Å². The van der Waals surface area contributed by atoms with Crippen LogP contribution in [0.2, 0.25) is 0 Å². The van der Waals surface area contributed by atoms with E-state index in [1.807, 2.05) is 24.3 Å². The first-order valence-electron chi connectivity index (χ1n) is 10.6. The van der Waals surface area contributed by atoms with Crippen LogP contribution in [-0.2, 0) is 4.79 Å². The summed E-state index contributed by atoms with van der Waals surface area (Å²) < 4.78 is 5.84. The van der Waals surface area contributed by atoms with Crippen molar-refractivity contribution >= 4 is 17.8 Å². The highest BCUT2D eigenvalue weighted by molar-refractivity contribution is 5.99. The number of nitrogens with zero attached hydrogens (tertiary/aromatic N) is 2. The van der Waals surface area contributed by atoms with Crippen molar-refractivity contribution in [2.24, 2.45) is 5.92 Å². The van der Waals surface area contributed by atoms with Gasteiger partial charge in [0, 0.05) is 43.7 Å². The SMILES string of the molecule is C[C@@H](NC(=O)O)C(=O)N1CCN([C@@H](C)CCOc2ccc(C(=O)C3CC3)cc2)CC1. The highest BCUT2D eigenvalue weighted by Gasteiger charge is 2.30. The normalized spacial score (nSPS) is 19.1. The van der Waals surface area contributed by atoms with E-state index in [1.54, 1.807) is 11.8 Å². The predicted molar refractivity (Wildman–Crippen MR) is 112 cm³/mol. The Hall–Kier alpha value is -2.61. The van der Waals surface area contributed by atoms with Gasteiger partial charge >= 0.3 is 6.09 Å². The van der Waals surface area contributed by atoms with E-state index in [2.05, 4.69) is 17.1 Å². The van der Waals surface area contributed by atoms with Gasteiger partial charge < -0.3 is 20.1 Å². The molecule has 3 rings (SSSR count). The van der Waals surface area contributed by atoms with Crippen LogP contribution in [0.1, 0.15) is 43.5 Å². The third kappa shape index (κ3) is 5.95. The molecule has 2 atom stereocenters. The predicted octanol–water partition coefficient (Wildman–Crippen LogP) is 2.24. The van der Waals surface area contributed by atoms with Gasteiger partial charge in [-0.25, -0.2) is 4.79 Å². The number of rotatable bonds is 9. The molecule has 8 nitrogen and oxygen atoms in total. The first kappa shape index (κ1) is 22.1. The molecule has 30 heavy (non-hydrogen) atoms. The van der Waals surface area contributed by atoms with E-state index in [-0.39, 0.29) is 17.6 Å². The van der Waals surface area contributed by atoms with Crippen molar-refractivity contribution < 1.29 is 24.2 Å². The van der Waals surface area contributed by atoms with Crippen LogP contribution in [0.5, 0.6) is 5.75 Å². The largest absolute Gasteiger partial charge is 0.494 e. The molecule has 2 fully saturated rings. The lowest BCUT2D eigenvalue weighted by Crippen LogP contribution is -2.55. The summed E-state index contributed by atoms with van der Waals surface area (Å²) in [4.78, 5) is 39.1. The molecular weight excluding hydrogens is 386 g/mol. The van der Waals surface area contributed by atoms with Gasteiger partial charge in [0.25, 0.3) is 0 Å². The van der Waals surface area contributed by atoms with E-state index in [0.717, 1.165) is 43.7 Å². The van der Waals surface area contributed by atoms with E-state index < -0.39 is 12.1 Å². The molecule has 1 aromatic carbocycles. The van der Waals surface area contributed by atoms with Crippen LogP contribution in [-0.4, -0.2) is 77.6 Å². The quantitative estimate of drug-likeness (QED) is 0.598. The summed E-state index contributed by atoms with van der Waals surface area (Å²) in [7, 11) is 0. The number of ether oxygens (including phenoxy) is 1. The Morgan fingerprint density at radius 1 is 1.10 bits per heavy atom. The van der Waals surface area contributed by atoms with Crippen molar-refractivity contribution in [3.63, 3.8) is 0 Å². The third-order valence-electron chi connectivity index (χ3n) is 5.85. The summed E-state index contributed by atoms with van der Waals surface area (Å²) in [5, 5.41) is 11.0. The average Bonchev–Trinajstić information content (AvgIpc) is 3.58. The van der Waals surface area contributed by atoms with Gasteiger partial charge in [0.1, 0.15) is 11.8 Å². The number of amides is 2. The fourth-order valence-corrected chi connectivity index (χ4v) is 3.73. The summed E-state index contributed by atoms with van der Waals surface area (Å²) in [5.41, 5.74) is 0.763. The molecule has 1 aliphatic heterocycles. The molecule has 0 unspecified atom stereocenters. The number of carboxylic acid groups (broad SMARTS) is 1. The van der Waals surface area contributed by atoms with E-state index in [4.69, 9.17) is 9.84 Å². The molecular formula is C22H31N3O5. The highest BCUT2D eigenvalue weighted by atomic mass is 16.5. The molecule has 2 N–H and O–H groups in total. The molecule has 2 amide bonds. The van der Waals surface area contributed by atoms with Gasteiger partial charge in [-0.15, -0.1) is 0 Å². The van der Waals surface area contributed by atoms with E-state index in [9.17, 15) is 14.4 Å². The number of Topliss-reactive ketones (excluding diaryl/α,β-unsaturated/α-hetero) is 1. The molecule has 0 bridgehead atoms. The van der Waals surface area contributed by atoms with Crippen molar-refractivity contribution in [2.45, 2.75) is 45.2 Å². The number of carbonyl (C=O) groups is 3. The van der Waals surface area contributed by atoms with Crippen LogP contribution < -0.4 is 10.1 Å². The first-order valence-corrected chi connectivity index (χ1v) is 10.6. The maximum Gasteiger partial charge on any atom is 0.405 e. The highest BCUT2D eigenvalue weighted by Crippen LogP contribution is 2.32. The second-order valence-corrected chi connectivity index (χ2v) is 8.18. The summed E-state index contributed by atoms with van der Waals surface area (Å²) in [5.74, 6) is 1.05. The van der Waals surface area contributed by atoms with Crippen LogP contribution in [0.4, 0.5) is 4.79 Å². The van der Waals surface area contributed by atoms with Gasteiger partial charge in [-0.1, -0.05) is 0 Å². The third-order valence-corrected chi connectivity index (χ3v) is 5.85. The number of piperazine rings is 1. The zero-order chi connectivity index (χ0) is 21.7. The second-order valence-electron chi connectivity index (χ2n) is 8.18. The van der Waals surface area contributed by atoms with Crippen LogP contribution in [0.3, 0.4) is 0 Å². The monoisotopic (exact) mass is 417 g/mol. The zero-order valence-corrected chi connectivity index (χ0v) is 17.7. The molecule has 1 saturated carbocycles. The fraction of sp³-hybridized carbons (Fsp3) is 0.591. The van der Waals surface area contributed by atoms with Gasteiger partial charge in [-0.05, 0) is 57.4 Å². The minimum Gasteiger partial charge on any atom is -0.494 e. The topological polar surface area (TPSA) is 99.2 Å². The zero-order valence-electron chi connectivity index (χ0n) is 17.7. The molecule has 0 spiro atoms. The number of carbonyl (C=O) groups excluding carboxylic acids is 2. The molecule has 164 valence electrons. The van der Waals surface area contributed by atoms with Gasteiger partial charge in [0.05, 0.1) is 6.61 Å². The fourth-order valence-electron chi connectivity index (χ4n) is 3.73. The van der Waals surface area contributed by atoms with Crippen molar-refractivity contribution in [1.29, 1.82) is 0 Å². The summed E-state index contributed by atoms with van der Waals surface area (Å²) in [6.45, 7) is 6.98. The van der Waals surface area contributed by atoms with Crippen LogP contribution in [0.15, 0.2) is 24.3 Å². The van der Waals surface area contributed by atoms with Crippen LogP contribution in [0, 0.1) is 5.92 Å². The maximum atomic E-state index is 12.3.